The van der Waals surface area contributed by atoms with Crippen LogP contribution in [0.4, 0.5) is 0 Å². The lowest BCUT2D eigenvalue weighted by Crippen LogP contribution is -2.36. The van der Waals surface area contributed by atoms with Gasteiger partial charge in [0.05, 0.1) is 13.2 Å². The third kappa shape index (κ3) is 9.42. The Labute approximate surface area is 202 Å². The zero-order chi connectivity index (χ0) is 21.9. The molecule has 0 aliphatic heterocycles. The van der Waals surface area contributed by atoms with Crippen molar-refractivity contribution < 1.29 is 14.0 Å². The van der Waals surface area contributed by atoms with Crippen LogP contribution in [0.3, 0.4) is 0 Å². The Morgan fingerprint density at radius 1 is 1.19 bits per heavy atom. The highest BCUT2D eigenvalue weighted by molar-refractivity contribution is 14.0. The molecule has 1 aromatic carbocycles. The van der Waals surface area contributed by atoms with Gasteiger partial charge in [-0.15, -0.1) is 24.0 Å². The number of ether oxygens (including phenoxy) is 2. The van der Waals surface area contributed by atoms with Crippen LogP contribution in [0.5, 0.6) is 5.75 Å². The molecule has 2 aromatic rings. The number of hydrogen-bond donors (Lipinski definition) is 2. The van der Waals surface area contributed by atoms with E-state index in [1.807, 2.05) is 13.8 Å². The number of guanidine groups is 1. The van der Waals surface area contributed by atoms with Crippen molar-refractivity contribution in [2.24, 2.45) is 10.9 Å². The number of aromatic nitrogens is 2. The Bertz CT molecular complexity index is 810. The molecular formula is C22H36IN5O3. The van der Waals surface area contributed by atoms with Crippen LogP contribution < -0.4 is 15.4 Å². The molecule has 0 aliphatic carbocycles. The first-order chi connectivity index (χ1) is 14.4. The standard InChI is InChI=1S/C22H35N5O3.HI/c1-7-28-17(5)21-26-20(30-27-21)14-25-22(23-6)24-13-18-9-8-16(4)12-19(18)29-11-10-15(2)3;/h8-9,12,15,17H,7,10-11,13-14H2,1-6H3,(H2,23,24,25);1H. The molecule has 1 unspecified atom stereocenters. The number of halogens is 1. The number of nitrogens with one attached hydrogen (secondary N) is 2. The lowest BCUT2D eigenvalue weighted by Gasteiger charge is -2.15. The molecular weight excluding hydrogens is 509 g/mol. The van der Waals surface area contributed by atoms with Gasteiger partial charge in [0.15, 0.2) is 11.8 Å². The van der Waals surface area contributed by atoms with Gasteiger partial charge in [-0.3, -0.25) is 4.99 Å². The summed E-state index contributed by atoms with van der Waals surface area (Å²) in [4.78, 5) is 8.62. The average Bonchev–Trinajstić information content (AvgIpc) is 3.18. The van der Waals surface area contributed by atoms with E-state index >= 15 is 0 Å². The monoisotopic (exact) mass is 545 g/mol. The maximum absolute atomic E-state index is 6.02. The summed E-state index contributed by atoms with van der Waals surface area (Å²) in [5.41, 5.74) is 2.26. The summed E-state index contributed by atoms with van der Waals surface area (Å²) in [6, 6.07) is 6.24. The van der Waals surface area contributed by atoms with Crippen LogP contribution in [-0.4, -0.2) is 36.4 Å². The molecule has 31 heavy (non-hydrogen) atoms. The van der Waals surface area contributed by atoms with Crippen molar-refractivity contribution in [3.8, 4) is 5.75 Å². The van der Waals surface area contributed by atoms with Crippen LogP contribution in [0.15, 0.2) is 27.7 Å². The Balaban J connectivity index is 0.00000480. The second kappa shape index (κ2) is 14.2. The van der Waals surface area contributed by atoms with E-state index in [2.05, 4.69) is 64.7 Å². The topological polar surface area (TPSA) is 93.8 Å². The van der Waals surface area contributed by atoms with Gasteiger partial charge in [-0.2, -0.15) is 4.98 Å². The summed E-state index contributed by atoms with van der Waals surface area (Å²) in [5.74, 6) is 3.18. The smallest absolute Gasteiger partial charge is 0.246 e. The van der Waals surface area contributed by atoms with E-state index < -0.39 is 0 Å². The normalized spacial score (nSPS) is 12.4. The zero-order valence-electron chi connectivity index (χ0n) is 19.4. The Kier molecular flexibility index (Phi) is 12.5. The van der Waals surface area contributed by atoms with E-state index in [1.54, 1.807) is 7.05 Å². The van der Waals surface area contributed by atoms with E-state index in [9.17, 15) is 0 Å². The first-order valence-electron chi connectivity index (χ1n) is 10.5. The van der Waals surface area contributed by atoms with Crippen LogP contribution in [0.2, 0.25) is 0 Å². The highest BCUT2D eigenvalue weighted by Gasteiger charge is 2.14. The van der Waals surface area contributed by atoms with E-state index in [0.717, 1.165) is 17.7 Å². The number of nitrogens with zero attached hydrogens (tertiary/aromatic N) is 3. The minimum absolute atomic E-state index is 0. The molecule has 2 rings (SSSR count). The lowest BCUT2D eigenvalue weighted by molar-refractivity contribution is 0.0683. The molecule has 0 spiro atoms. The van der Waals surface area contributed by atoms with Crippen molar-refractivity contribution in [1.29, 1.82) is 0 Å². The first kappa shape index (κ1) is 27.2. The van der Waals surface area contributed by atoms with Crippen molar-refractivity contribution >= 4 is 29.9 Å². The number of hydrogen-bond acceptors (Lipinski definition) is 6. The number of benzene rings is 1. The van der Waals surface area contributed by atoms with Crippen LogP contribution in [0.25, 0.3) is 0 Å². The summed E-state index contributed by atoms with van der Waals surface area (Å²) in [6.45, 7) is 12.6. The molecule has 1 heterocycles. The number of rotatable bonds is 11. The second-order valence-electron chi connectivity index (χ2n) is 7.57. The molecule has 2 N–H and O–H groups in total. The van der Waals surface area contributed by atoms with Crippen molar-refractivity contribution in [1.82, 2.24) is 20.8 Å². The van der Waals surface area contributed by atoms with Gasteiger partial charge in [-0.05, 0) is 44.7 Å². The summed E-state index contributed by atoms with van der Waals surface area (Å²) in [7, 11) is 1.72. The molecule has 8 nitrogen and oxygen atoms in total. The molecule has 0 aliphatic rings. The third-order valence-electron chi connectivity index (χ3n) is 4.52. The molecule has 0 amide bonds. The van der Waals surface area contributed by atoms with Gasteiger partial charge in [0.1, 0.15) is 11.9 Å². The van der Waals surface area contributed by atoms with Crippen molar-refractivity contribution in [2.75, 3.05) is 20.3 Å². The van der Waals surface area contributed by atoms with Crippen molar-refractivity contribution in [2.45, 2.75) is 60.2 Å². The molecule has 0 saturated carbocycles. The fourth-order valence-electron chi connectivity index (χ4n) is 2.74. The summed E-state index contributed by atoms with van der Waals surface area (Å²) >= 11 is 0. The van der Waals surface area contributed by atoms with Crippen LogP contribution in [0.1, 0.15) is 63.1 Å². The van der Waals surface area contributed by atoms with Crippen molar-refractivity contribution in [3.63, 3.8) is 0 Å². The van der Waals surface area contributed by atoms with E-state index in [4.69, 9.17) is 14.0 Å². The molecule has 1 atom stereocenters. The molecule has 9 heteroatoms. The first-order valence-corrected chi connectivity index (χ1v) is 10.5. The fraction of sp³-hybridized carbons (Fsp3) is 0.591. The minimum Gasteiger partial charge on any atom is -0.493 e. The fourth-order valence-corrected chi connectivity index (χ4v) is 2.74. The lowest BCUT2D eigenvalue weighted by atomic mass is 10.1. The predicted molar refractivity (Wildman–Crippen MR) is 133 cm³/mol. The quantitative estimate of drug-likeness (QED) is 0.246. The number of aliphatic imine (C=N–C) groups is 1. The number of aryl methyl sites for hydroxylation is 1. The van der Waals surface area contributed by atoms with Gasteiger partial charge >= 0.3 is 0 Å². The molecule has 1 aromatic heterocycles. The van der Waals surface area contributed by atoms with Gasteiger partial charge in [0, 0.05) is 25.8 Å². The second-order valence-corrected chi connectivity index (χ2v) is 7.57. The van der Waals surface area contributed by atoms with Crippen molar-refractivity contribution in [3.05, 3.63) is 41.0 Å². The van der Waals surface area contributed by atoms with Gasteiger partial charge in [-0.1, -0.05) is 31.1 Å². The molecule has 0 fully saturated rings. The maximum atomic E-state index is 6.02. The highest BCUT2D eigenvalue weighted by atomic mass is 127. The SMILES string of the molecule is CCOC(C)c1noc(CNC(=NC)NCc2ccc(C)cc2OCCC(C)C)n1.I. The van der Waals surface area contributed by atoms with Crippen LogP contribution >= 0.6 is 24.0 Å². The predicted octanol–water partition coefficient (Wildman–Crippen LogP) is 4.38. The Morgan fingerprint density at radius 2 is 1.94 bits per heavy atom. The van der Waals surface area contributed by atoms with Gasteiger partial charge in [0.25, 0.3) is 0 Å². The zero-order valence-corrected chi connectivity index (χ0v) is 21.7. The molecule has 0 radical (unpaired) electrons. The Morgan fingerprint density at radius 3 is 2.61 bits per heavy atom. The van der Waals surface area contributed by atoms with E-state index in [1.165, 1.54) is 5.56 Å². The van der Waals surface area contributed by atoms with Gasteiger partial charge < -0.3 is 24.6 Å². The van der Waals surface area contributed by atoms with Gasteiger partial charge in [0.2, 0.25) is 5.89 Å². The van der Waals surface area contributed by atoms with Gasteiger partial charge in [-0.25, -0.2) is 0 Å². The minimum atomic E-state index is -0.194. The maximum Gasteiger partial charge on any atom is 0.246 e. The Hall–Kier alpha value is -1.88. The van der Waals surface area contributed by atoms with Crippen LogP contribution in [-0.2, 0) is 17.8 Å². The van der Waals surface area contributed by atoms with Crippen LogP contribution in [0, 0.1) is 12.8 Å². The van der Waals surface area contributed by atoms with E-state index in [0.29, 0.717) is 49.9 Å². The summed E-state index contributed by atoms with van der Waals surface area (Å²) < 4.78 is 16.8. The molecule has 0 bridgehead atoms. The third-order valence-corrected chi connectivity index (χ3v) is 4.52. The summed E-state index contributed by atoms with van der Waals surface area (Å²) in [6.07, 6.45) is 0.832. The summed E-state index contributed by atoms with van der Waals surface area (Å²) in [5, 5.41) is 10.5. The highest BCUT2D eigenvalue weighted by Crippen LogP contribution is 2.21. The van der Waals surface area contributed by atoms with E-state index in [-0.39, 0.29) is 30.1 Å². The average molecular weight is 545 g/mol. The molecule has 174 valence electrons. The largest absolute Gasteiger partial charge is 0.493 e. The molecule has 0 saturated heterocycles.